The van der Waals surface area contributed by atoms with Gasteiger partial charge >= 0.3 is 0 Å². The number of aromatic nitrogens is 1. The molecular weight excluding hydrogens is 290 g/mol. The zero-order valence-corrected chi connectivity index (χ0v) is 14.5. The van der Waals surface area contributed by atoms with E-state index in [0.29, 0.717) is 12.6 Å². The molecule has 0 spiro atoms. The van der Waals surface area contributed by atoms with Crippen LogP contribution in [0.5, 0.6) is 0 Å². The lowest BCUT2D eigenvalue weighted by atomic mass is 10.2. The molecule has 1 aliphatic heterocycles. The molecule has 1 aromatic heterocycles. The average molecular weight is 319 g/mol. The number of hydrogen-bond donors (Lipinski definition) is 2. The third-order valence-corrected chi connectivity index (χ3v) is 3.92. The van der Waals surface area contributed by atoms with Crippen LogP contribution in [-0.4, -0.2) is 61.3 Å². The molecule has 1 aromatic rings. The second-order valence-corrected chi connectivity index (χ2v) is 5.84. The van der Waals surface area contributed by atoms with Crippen LogP contribution in [0.1, 0.15) is 25.2 Å². The molecule has 2 heterocycles. The first kappa shape index (κ1) is 17.7. The first-order chi connectivity index (χ1) is 11.2. The van der Waals surface area contributed by atoms with Gasteiger partial charge in [0, 0.05) is 37.9 Å². The molecule has 0 amide bonds. The fourth-order valence-corrected chi connectivity index (χ4v) is 2.58. The molecule has 0 radical (unpaired) electrons. The summed E-state index contributed by atoms with van der Waals surface area (Å²) in [5, 5.41) is 6.72. The predicted molar refractivity (Wildman–Crippen MR) is 93.6 cm³/mol. The smallest absolute Gasteiger partial charge is 0.191 e. The van der Waals surface area contributed by atoms with Crippen molar-refractivity contribution >= 4 is 5.96 Å². The lowest BCUT2D eigenvalue weighted by molar-refractivity contribution is 0.0211. The second kappa shape index (κ2) is 9.47. The maximum absolute atomic E-state index is 5.41. The number of aryl methyl sites for hydroxylation is 1. The van der Waals surface area contributed by atoms with Crippen molar-refractivity contribution in [3.8, 4) is 0 Å². The maximum atomic E-state index is 5.41. The first-order valence-electron chi connectivity index (χ1n) is 8.45. The van der Waals surface area contributed by atoms with Gasteiger partial charge < -0.3 is 15.4 Å². The monoisotopic (exact) mass is 319 g/mol. The molecule has 6 nitrogen and oxygen atoms in total. The second-order valence-electron chi connectivity index (χ2n) is 5.84. The Hall–Kier alpha value is -1.66. The van der Waals surface area contributed by atoms with Crippen molar-refractivity contribution in [3.63, 3.8) is 0 Å². The number of rotatable bonds is 6. The van der Waals surface area contributed by atoms with Crippen LogP contribution in [0.25, 0.3) is 0 Å². The molecule has 2 N–H and O–H groups in total. The Morgan fingerprint density at radius 1 is 1.35 bits per heavy atom. The number of nitrogens with one attached hydrogen (secondary N) is 2. The van der Waals surface area contributed by atoms with Crippen molar-refractivity contribution in [1.29, 1.82) is 0 Å². The highest BCUT2D eigenvalue weighted by Crippen LogP contribution is 2.03. The Morgan fingerprint density at radius 3 is 2.83 bits per heavy atom. The van der Waals surface area contributed by atoms with Crippen molar-refractivity contribution in [3.05, 3.63) is 29.6 Å². The molecule has 128 valence electrons. The lowest BCUT2D eigenvalue weighted by Crippen LogP contribution is -2.49. The fraction of sp³-hybridized carbons (Fsp3) is 0.647. The van der Waals surface area contributed by atoms with Crippen LogP contribution < -0.4 is 10.6 Å². The number of hydrogen-bond acceptors (Lipinski definition) is 4. The Balaban J connectivity index is 1.85. The third kappa shape index (κ3) is 6.15. The molecule has 0 bridgehead atoms. The highest BCUT2D eigenvalue weighted by atomic mass is 16.5. The van der Waals surface area contributed by atoms with E-state index < -0.39 is 0 Å². The highest BCUT2D eigenvalue weighted by Gasteiger charge is 2.16. The SMILES string of the molecule is CCNC(=NCc1cccc(C)n1)NCC(C)N1CCOCC1. The minimum absolute atomic E-state index is 0.458. The third-order valence-electron chi connectivity index (χ3n) is 3.92. The molecule has 23 heavy (non-hydrogen) atoms. The Labute approximate surface area is 139 Å². The quantitative estimate of drug-likeness (QED) is 0.609. The van der Waals surface area contributed by atoms with E-state index in [2.05, 4.69) is 39.4 Å². The zero-order valence-electron chi connectivity index (χ0n) is 14.5. The normalized spacial score (nSPS) is 17.8. The topological polar surface area (TPSA) is 61.8 Å². The van der Waals surface area contributed by atoms with Gasteiger partial charge in [-0.2, -0.15) is 0 Å². The minimum Gasteiger partial charge on any atom is -0.379 e. The summed E-state index contributed by atoms with van der Waals surface area (Å²) >= 11 is 0. The van der Waals surface area contributed by atoms with Crippen LogP contribution in [0.2, 0.25) is 0 Å². The average Bonchev–Trinajstić information content (AvgIpc) is 2.58. The maximum Gasteiger partial charge on any atom is 0.191 e. The number of pyridine rings is 1. The van der Waals surface area contributed by atoms with E-state index in [9.17, 15) is 0 Å². The van der Waals surface area contributed by atoms with Gasteiger partial charge in [-0.1, -0.05) is 6.07 Å². The van der Waals surface area contributed by atoms with Crippen molar-refractivity contribution in [1.82, 2.24) is 20.5 Å². The Morgan fingerprint density at radius 2 is 2.13 bits per heavy atom. The van der Waals surface area contributed by atoms with Gasteiger partial charge in [0.2, 0.25) is 0 Å². The molecule has 1 saturated heterocycles. The molecule has 0 aliphatic carbocycles. The summed E-state index contributed by atoms with van der Waals surface area (Å²) in [5.41, 5.74) is 2.01. The molecule has 2 rings (SSSR count). The van der Waals surface area contributed by atoms with Gasteiger partial charge in [-0.3, -0.25) is 9.88 Å². The zero-order chi connectivity index (χ0) is 16.5. The summed E-state index contributed by atoms with van der Waals surface area (Å²) in [6.45, 7) is 12.3. The van der Waals surface area contributed by atoms with E-state index in [0.717, 1.165) is 56.7 Å². The van der Waals surface area contributed by atoms with Gasteiger partial charge in [0.1, 0.15) is 0 Å². The summed E-state index contributed by atoms with van der Waals surface area (Å²) in [5.74, 6) is 0.843. The van der Waals surface area contributed by atoms with Gasteiger partial charge in [-0.25, -0.2) is 4.99 Å². The van der Waals surface area contributed by atoms with Gasteiger partial charge in [-0.15, -0.1) is 0 Å². The Bertz CT molecular complexity index is 500. The summed E-state index contributed by atoms with van der Waals surface area (Å²) in [7, 11) is 0. The van der Waals surface area contributed by atoms with Gasteiger partial charge in [0.15, 0.2) is 5.96 Å². The molecule has 1 atom stereocenters. The van der Waals surface area contributed by atoms with E-state index in [1.807, 2.05) is 25.1 Å². The minimum atomic E-state index is 0.458. The number of guanidine groups is 1. The molecule has 1 unspecified atom stereocenters. The van der Waals surface area contributed by atoms with Crippen molar-refractivity contribution in [2.24, 2.45) is 4.99 Å². The van der Waals surface area contributed by atoms with Crippen LogP contribution in [0.15, 0.2) is 23.2 Å². The van der Waals surface area contributed by atoms with Crippen molar-refractivity contribution in [2.75, 3.05) is 39.4 Å². The van der Waals surface area contributed by atoms with Gasteiger partial charge in [0.05, 0.1) is 25.5 Å². The molecule has 1 aliphatic rings. The van der Waals surface area contributed by atoms with Crippen LogP contribution >= 0.6 is 0 Å². The predicted octanol–water partition coefficient (Wildman–Crippen LogP) is 1.17. The van der Waals surface area contributed by atoms with Crippen LogP contribution in [0.3, 0.4) is 0 Å². The number of ether oxygens (including phenoxy) is 1. The Kier molecular flexibility index (Phi) is 7.29. The number of nitrogens with zero attached hydrogens (tertiary/aromatic N) is 3. The summed E-state index contributed by atoms with van der Waals surface area (Å²) < 4.78 is 5.41. The number of aliphatic imine (C=N–C) groups is 1. The van der Waals surface area contributed by atoms with E-state index in [1.54, 1.807) is 0 Å². The molecule has 0 saturated carbocycles. The van der Waals surface area contributed by atoms with E-state index in [-0.39, 0.29) is 0 Å². The summed E-state index contributed by atoms with van der Waals surface area (Å²) in [4.78, 5) is 11.6. The summed E-state index contributed by atoms with van der Waals surface area (Å²) in [6, 6.07) is 6.49. The number of morpholine rings is 1. The van der Waals surface area contributed by atoms with Crippen LogP contribution in [-0.2, 0) is 11.3 Å². The van der Waals surface area contributed by atoms with Crippen LogP contribution in [0.4, 0.5) is 0 Å². The van der Waals surface area contributed by atoms with E-state index in [1.165, 1.54) is 0 Å². The van der Waals surface area contributed by atoms with Crippen LogP contribution in [0, 0.1) is 6.92 Å². The molecular formula is C17H29N5O. The first-order valence-corrected chi connectivity index (χ1v) is 8.45. The molecule has 6 heteroatoms. The van der Waals surface area contributed by atoms with E-state index >= 15 is 0 Å². The van der Waals surface area contributed by atoms with Crippen molar-refractivity contribution < 1.29 is 4.74 Å². The van der Waals surface area contributed by atoms with Gasteiger partial charge in [0.25, 0.3) is 0 Å². The van der Waals surface area contributed by atoms with Crippen molar-refractivity contribution in [2.45, 2.75) is 33.4 Å². The van der Waals surface area contributed by atoms with E-state index in [4.69, 9.17) is 4.74 Å². The van der Waals surface area contributed by atoms with Gasteiger partial charge in [-0.05, 0) is 32.9 Å². The summed E-state index contributed by atoms with van der Waals surface area (Å²) in [6.07, 6.45) is 0. The fourth-order valence-electron chi connectivity index (χ4n) is 2.58. The molecule has 0 aromatic carbocycles. The standard InChI is InChI=1S/C17H29N5O/c1-4-18-17(20-13-16-7-5-6-14(2)21-16)19-12-15(3)22-8-10-23-11-9-22/h5-7,15H,4,8-13H2,1-3H3,(H2,18,19,20). The largest absolute Gasteiger partial charge is 0.379 e. The highest BCUT2D eigenvalue weighted by molar-refractivity contribution is 5.79. The molecule has 1 fully saturated rings. The lowest BCUT2D eigenvalue weighted by Gasteiger charge is -2.32.